The Morgan fingerprint density at radius 3 is 2.90 bits per heavy atom. The van der Waals surface area contributed by atoms with Crippen LogP contribution in [0.2, 0.25) is 5.02 Å². The van der Waals surface area contributed by atoms with Crippen molar-refractivity contribution in [3.8, 4) is 0 Å². The highest BCUT2D eigenvalue weighted by Gasteiger charge is 2.21. The van der Waals surface area contributed by atoms with Crippen LogP contribution in [-0.2, 0) is 0 Å². The van der Waals surface area contributed by atoms with E-state index in [0.717, 1.165) is 35.4 Å². The first-order valence-corrected chi connectivity index (χ1v) is 8.81. The van der Waals surface area contributed by atoms with Gasteiger partial charge in [-0.05, 0) is 66.0 Å². The molecule has 1 aliphatic heterocycles. The smallest absolute Gasteiger partial charge is 0.253 e. The number of carbonyl (C=O) groups is 1. The van der Waals surface area contributed by atoms with Crippen molar-refractivity contribution in [2.75, 3.05) is 13.1 Å². The van der Waals surface area contributed by atoms with Gasteiger partial charge < -0.3 is 4.90 Å². The standard InChI is InChI=1S/C16H21ClINO/c1-2-4-12-5-3-9-19(10-8-12)16(20)13-6-7-15(18)14(17)11-13/h6-7,11-12H,2-5,8-10H2,1H3. The van der Waals surface area contributed by atoms with Gasteiger partial charge in [0.2, 0.25) is 0 Å². The molecular formula is C16H21ClINO. The van der Waals surface area contributed by atoms with Crippen LogP contribution in [0.4, 0.5) is 0 Å². The van der Waals surface area contributed by atoms with E-state index in [1.54, 1.807) is 6.07 Å². The molecule has 110 valence electrons. The molecule has 0 spiro atoms. The average Bonchev–Trinajstić information content (AvgIpc) is 2.67. The van der Waals surface area contributed by atoms with E-state index in [0.29, 0.717) is 10.6 Å². The molecule has 0 saturated carbocycles. The van der Waals surface area contributed by atoms with Gasteiger partial charge in [0.05, 0.1) is 5.02 Å². The van der Waals surface area contributed by atoms with Crippen molar-refractivity contribution in [3.05, 3.63) is 32.4 Å². The van der Waals surface area contributed by atoms with Crippen LogP contribution >= 0.6 is 34.2 Å². The Hall–Kier alpha value is -0.290. The van der Waals surface area contributed by atoms with Crippen LogP contribution in [0.25, 0.3) is 0 Å². The quantitative estimate of drug-likeness (QED) is 0.649. The van der Waals surface area contributed by atoms with Gasteiger partial charge in [0.15, 0.2) is 0 Å². The van der Waals surface area contributed by atoms with Crippen LogP contribution in [0.1, 0.15) is 49.4 Å². The molecule has 2 rings (SSSR count). The zero-order valence-corrected chi connectivity index (χ0v) is 14.8. The van der Waals surface area contributed by atoms with Gasteiger partial charge in [-0.3, -0.25) is 4.79 Å². The van der Waals surface area contributed by atoms with Crippen molar-refractivity contribution < 1.29 is 4.79 Å². The van der Waals surface area contributed by atoms with Crippen molar-refractivity contribution in [1.29, 1.82) is 0 Å². The molecule has 0 aromatic heterocycles. The summed E-state index contributed by atoms with van der Waals surface area (Å²) in [6.07, 6.45) is 6.04. The summed E-state index contributed by atoms with van der Waals surface area (Å²) in [6, 6.07) is 5.58. The number of carbonyl (C=O) groups excluding carboxylic acids is 1. The van der Waals surface area contributed by atoms with E-state index in [9.17, 15) is 4.79 Å². The Kier molecular flexibility index (Phi) is 6.15. The normalized spacial score (nSPS) is 19.8. The second-order valence-electron chi connectivity index (χ2n) is 5.51. The van der Waals surface area contributed by atoms with Crippen molar-refractivity contribution in [2.45, 2.75) is 39.0 Å². The minimum absolute atomic E-state index is 0.125. The molecule has 1 heterocycles. The summed E-state index contributed by atoms with van der Waals surface area (Å²) in [5, 5.41) is 0.662. The van der Waals surface area contributed by atoms with Gasteiger partial charge in [-0.15, -0.1) is 0 Å². The van der Waals surface area contributed by atoms with E-state index in [4.69, 9.17) is 11.6 Å². The van der Waals surface area contributed by atoms with Gasteiger partial charge in [0.25, 0.3) is 5.91 Å². The topological polar surface area (TPSA) is 20.3 Å². The number of likely N-dealkylation sites (tertiary alicyclic amines) is 1. The lowest BCUT2D eigenvalue weighted by atomic mass is 9.96. The van der Waals surface area contributed by atoms with Gasteiger partial charge in [-0.1, -0.05) is 31.4 Å². The maximum atomic E-state index is 12.5. The average molecular weight is 406 g/mol. The third-order valence-electron chi connectivity index (χ3n) is 4.00. The maximum absolute atomic E-state index is 12.5. The summed E-state index contributed by atoms with van der Waals surface area (Å²) in [7, 11) is 0. The predicted octanol–water partition coefficient (Wildman–Crippen LogP) is 4.99. The van der Waals surface area contributed by atoms with E-state index >= 15 is 0 Å². The fraction of sp³-hybridized carbons (Fsp3) is 0.562. The highest BCUT2D eigenvalue weighted by atomic mass is 127. The Labute approximate surface area is 140 Å². The van der Waals surface area contributed by atoms with Crippen molar-refractivity contribution in [1.82, 2.24) is 4.90 Å². The van der Waals surface area contributed by atoms with Crippen LogP contribution in [0.5, 0.6) is 0 Å². The first kappa shape index (κ1) is 16.1. The summed E-state index contributed by atoms with van der Waals surface area (Å²) < 4.78 is 0.986. The number of hydrogen-bond acceptors (Lipinski definition) is 1. The molecule has 1 aromatic carbocycles. The number of amides is 1. The van der Waals surface area contributed by atoms with Crippen LogP contribution in [0.15, 0.2) is 18.2 Å². The monoisotopic (exact) mass is 405 g/mol. The van der Waals surface area contributed by atoms with Crippen LogP contribution in [0, 0.1) is 9.49 Å². The molecule has 1 atom stereocenters. The lowest BCUT2D eigenvalue weighted by Gasteiger charge is -2.21. The van der Waals surface area contributed by atoms with E-state index in [1.165, 1.54) is 19.3 Å². The van der Waals surface area contributed by atoms with Gasteiger partial charge in [-0.2, -0.15) is 0 Å². The maximum Gasteiger partial charge on any atom is 0.253 e. The zero-order valence-electron chi connectivity index (χ0n) is 11.9. The number of hydrogen-bond donors (Lipinski definition) is 0. The van der Waals surface area contributed by atoms with Crippen LogP contribution in [0.3, 0.4) is 0 Å². The molecule has 0 N–H and O–H groups in total. The molecule has 1 aliphatic rings. The molecule has 1 amide bonds. The Balaban J connectivity index is 2.03. The first-order chi connectivity index (χ1) is 9.61. The summed E-state index contributed by atoms with van der Waals surface area (Å²) in [5.41, 5.74) is 0.712. The lowest BCUT2D eigenvalue weighted by molar-refractivity contribution is 0.0760. The minimum Gasteiger partial charge on any atom is -0.339 e. The van der Waals surface area contributed by atoms with Gasteiger partial charge in [0, 0.05) is 22.2 Å². The Bertz CT molecular complexity index is 478. The number of halogens is 2. The molecule has 1 aromatic rings. The summed E-state index contributed by atoms with van der Waals surface area (Å²) in [4.78, 5) is 14.5. The minimum atomic E-state index is 0.125. The number of nitrogens with zero attached hydrogens (tertiary/aromatic N) is 1. The number of rotatable bonds is 3. The van der Waals surface area contributed by atoms with Crippen LogP contribution in [-0.4, -0.2) is 23.9 Å². The Morgan fingerprint density at radius 1 is 1.40 bits per heavy atom. The number of benzene rings is 1. The van der Waals surface area contributed by atoms with Gasteiger partial charge in [-0.25, -0.2) is 0 Å². The summed E-state index contributed by atoms with van der Waals surface area (Å²) in [6.45, 7) is 4.00. The Morgan fingerprint density at radius 2 is 2.20 bits per heavy atom. The highest BCUT2D eigenvalue weighted by molar-refractivity contribution is 14.1. The zero-order chi connectivity index (χ0) is 14.5. The summed E-state index contributed by atoms with van der Waals surface area (Å²) >= 11 is 8.30. The SMILES string of the molecule is CCCC1CCCN(C(=O)c2ccc(I)c(Cl)c2)CC1. The molecule has 0 aliphatic carbocycles. The molecule has 1 unspecified atom stereocenters. The largest absolute Gasteiger partial charge is 0.339 e. The first-order valence-electron chi connectivity index (χ1n) is 7.36. The second kappa shape index (κ2) is 7.64. The molecule has 20 heavy (non-hydrogen) atoms. The lowest BCUT2D eigenvalue weighted by Crippen LogP contribution is -2.32. The van der Waals surface area contributed by atoms with Crippen molar-refractivity contribution in [2.24, 2.45) is 5.92 Å². The van der Waals surface area contributed by atoms with Crippen molar-refractivity contribution >= 4 is 40.1 Å². The fourth-order valence-electron chi connectivity index (χ4n) is 2.88. The van der Waals surface area contributed by atoms with Crippen LogP contribution < -0.4 is 0 Å². The third kappa shape index (κ3) is 4.10. The van der Waals surface area contributed by atoms with Crippen molar-refractivity contribution in [3.63, 3.8) is 0 Å². The van der Waals surface area contributed by atoms with Gasteiger partial charge in [0.1, 0.15) is 0 Å². The molecular weight excluding hydrogens is 385 g/mol. The molecule has 0 radical (unpaired) electrons. The molecule has 1 fully saturated rings. The second-order valence-corrected chi connectivity index (χ2v) is 7.08. The van der Waals surface area contributed by atoms with E-state index < -0.39 is 0 Å². The van der Waals surface area contributed by atoms with E-state index in [1.807, 2.05) is 17.0 Å². The van der Waals surface area contributed by atoms with E-state index in [2.05, 4.69) is 29.5 Å². The van der Waals surface area contributed by atoms with Gasteiger partial charge >= 0.3 is 0 Å². The highest BCUT2D eigenvalue weighted by Crippen LogP contribution is 2.24. The molecule has 2 nitrogen and oxygen atoms in total. The summed E-state index contributed by atoms with van der Waals surface area (Å²) in [5.74, 6) is 0.915. The molecule has 1 saturated heterocycles. The third-order valence-corrected chi connectivity index (χ3v) is 5.57. The molecule has 4 heteroatoms. The fourth-order valence-corrected chi connectivity index (χ4v) is 3.39. The molecule has 0 bridgehead atoms. The van der Waals surface area contributed by atoms with E-state index in [-0.39, 0.29) is 5.91 Å². The predicted molar refractivity (Wildman–Crippen MR) is 92.3 cm³/mol.